The minimum atomic E-state index is 0.662. The summed E-state index contributed by atoms with van der Waals surface area (Å²) in [6, 6.07) is 0.805. The van der Waals surface area contributed by atoms with E-state index in [-0.39, 0.29) is 0 Å². The summed E-state index contributed by atoms with van der Waals surface area (Å²) >= 11 is 5.52. The van der Waals surface area contributed by atoms with Crippen LogP contribution in [0.4, 0.5) is 0 Å². The first kappa shape index (κ1) is 12.7. The van der Waals surface area contributed by atoms with Crippen LogP contribution in [0.25, 0.3) is 0 Å². The molecular weight excluding hydrogens is 284 g/mol. The molecule has 0 aromatic heterocycles. The van der Waals surface area contributed by atoms with Crippen LogP contribution < -0.4 is 0 Å². The van der Waals surface area contributed by atoms with Crippen LogP contribution in [-0.2, 0) is 0 Å². The van der Waals surface area contributed by atoms with Crippen molar-refractivity contribution in [2.45, 2.75) is 44.4 Å². The first-order valence-corrected chi connectivity index (χ1v) is 8.24. The summed E-state index contributed by atoms with van der Waals surface area (Å²) in [5, 5.41) is 3.04. The van der Waals surface area contributed by atoms with E-state index in [4.69, 9.17) is 4.99 Å². The summed E-state index contributed by atoms with van der Waals surface area (Å²) in [7, 11) is 0. The number of alkyl halides is 1. The molecular formula is C12H21BrN2S. The van der Waals surface area contributed by atoms with Gasteiger partial charge in [-0.15, -0.1) is 0 Å². The smallest absolute Gasteiger partial charge is 0.159 e. The summed E-state index contributed by atoms with van der Waals surface area (Å²) in [6.07, 6.45) is 4.03. The van der Waals surface area contributed by atoms with Crippen molar-refractivity contribution in [1.29, 1.82) is 0 Å². The van der Waals surface area contributed by atoms with Gasteiger partial charge in [-0.2, -0.15) is 0 Å². The Bertz CT molecular complexity index is 264. The zero-order valence-corrected chi connectivity index (χ0v) is 12.6. The number of hydrogen-bond acceptors (Lipinski definition) is 3. The first-order valence-electron chi connectivity index (χ1n) is 6.24. The van der Waals surface area contributed by atoms with Crippen molar-refractivity contribution >= 4 is 32.9 Å². The van der Waals surface area contributed by atoms with Crippen LogP contribution in [0.1, 0.15) is 33.1 Å². The summed E-state index contributed by atoms with van der Waals surface area (Å²) in [4.78, 5) is 7.27. The predicted molar refractivity (Wildman–Crippen MR) is 76.7 cm³/mol. The zero-order valence-electron chi connectivity index (χ0n) is 10.2. The molecule has 92 valence electrons. The zero-order chi connectivity index (χ0) is 11.5. The van der Waals surface area contributed by atoms with E-state index in [1.807, 2.05) is 11.8 Å². The minimum Gasteiger partial charge on any atom is -0.348 e. The summed E-state index contributed by atoms with van der Waals surface area (Å²) in [5.74, 6) is 0.792. The van der Waals surface area contributed by atoms with E-state index in [1.54, 1.807) is 0 Å². The lowest BCUT2D eigenvalue weighted by Gasteiger charge is -2.25. The first-order chi connectivity index (χ1) is 7.70. The van der Waals surface area contributed by atoms with Crippen molar-refractivity contribution in [1.82, 2.24) is 4.90 Å². The van der Waals surface area contributed by atoms with Gasteiger partial charge in [0.1, 0.15) is 0 Å². The van der Waals surface area contributed by atoms with E-state index in [2.05, 4.69) is 34.7 Å². The molecule has 2 nitrogen and oxygen atoms in total. The Morgan fingerprint density at radius 1 is 1.50 bits per heavy atom. The van der Waals surface area contributed by atoms with Crippen LogP contribution in [0.3, 0.4) is 0 Å². The van der Waals surface area contributed by atoms with Crippen LogP contribution in [0.5, 0.6) is 0 Å². The van der Waals surface area contributed by atoms with E-state index >= 15 is 0 Å². The number of nitrogens with zero attached hydrogens (tertiary/aromatic N) is 2. The Morgan fingerprint density at radius 3 is 2.75 bits per heavy atom. The second-order valence-electron chi connectivity index (χ2n) is 5.12. The molecule has 0 saturated heterocycles. The minimum absolute atomic E-state index is 0.662. The molecule has 0 spiro atoms. The Balaban J connectivity index is 1.87. The molecule has 1 aliphatic heterocycles. The van der Waals surface area contributed by atoms with Crippen LogP contribution in [0.15, 0.2) is 4.99 Å². The van der Waals surface area contributed by atoms with Gasteiger partial charge in [-0.1, -0.05) is 41.5 Å². The van der Waals surface area contributed by atoms with Gasteiger partial charge >= 0.3 is 0 Å². The molecule has 1 saturated carbocycles. The Labute approximate surface area is 111 Å². The summed E-state index contributed by atoms with van der Waals surface area (Å²) in [5.41, 5.74) is 0. The molecule has 2 aliphatic rings. The van der Waals surface area contributed by atoms with Gasteiger partial charge in [0.25, 0.3) is 0 Å². The molecule has 1 aliphatic carbocycles. The molecule has 0 aromatic carbocycles. The van der Waals surface area contributed by atoms with Gasteiger partial charge < -0.3 is 4.90 Å². The number of halogens is 1. The fourth-order valence-electron chi connectivity index (χ4n) is 1.86. The quantitative estimate of drug-likeness (QED) is 0.724. The normalized spacial score (nSPS) is 25.0. The Hall–Kier alpha value is 0.300. The van der Waals surface area contributed by atoms with Gasteiger partial charge in [-0.25, -0.2) is 0 Å². The van der Waals surface area contributed by atoms with E-state index in [0.29, 0.717) is 5.25 Å². The van der Waals surface area contributed by atoms with Gasteiger partial charge in [0.2, 0.25) is 0 Å². The summed E-state index contributed by atoms with van der Waals surface area (Å²) < 4.78 is 0. The van der Waals surface area contributed by atoms with Gasteiger partial charge in [-0.05, 0) is 25.2 Å². The van der Waals surface area contributed by atoms with Gasteiger partial charge in [0, 0.05) is 23.2 Å². The average Bonchev–Trinajstić information content (AvgIpc) is 2.96. The van der Waals surface area contributed by atoms with E-state index < -0.39 is 0 Å². The van der Waals surface area contributed by atoms with Crippen molar-refractivity contribution in [3.63, 3.8) is 0 Å². The maximum Gasteiger partial charge on any atom is 0.159 e. The lowest BCUT2D eigenvalue weighted by molar-refractivity contribution is 0.378. The highest BCUT2D eigenvalue weighted by molar-refractivity contribution is 9.09. The molecule has 1 unspecified atom stereocenters. The molecule has 0 N–H and O–H groups in total. The standard InChI is InChI=1S/C12H21BrN2S/c1-9(2)5-6-15(10-3-4-10)12-14-8-11(7-13)16-12/h9-11H,3-8H2,1-2H3. The molecule has 4 heteroatoms. The Kier molecular flexibility index (Phi) is 4.59. The van der Waals surface area contributed by atoms with Crippen molar-refractivity contribution < 1.29 is 0 Å². The number of hydrogen-bond donors (Lipinski definition) is 0. The lowest BCUT2D eigenvalue weighted by atomic mass is 10.1. The second-order valence-corrected chi connectivity index (χ2v) is 7.04. The third-order valence-electron chi connectivity index (χ3n) is 3.06. The third-order valence-corrected chi connectivity index (χ3v) is 5.49. The molecule has 1 atom stereocenters. The highest BCUT2D eigenvalue weighted by atomic mass is 79.9. The van der Waals surface area contributed by atoms with Crippen LogP contribution in [0, 0.1) is 5.92 Å². The van der Waals surface area contributed by atoms with E-state index in [9.17, 15) is 0 Å². The molecule has 16 heavy (non-hydrogen) atoms. The fraction of sp³-hybridized carbons (Fsp3) is 0.917. The second kappa shape index (κ2) is 5.76. The van der Waals surface area contributed by atoms with Crippen molar-refractivity contribution in [2.24, 2.45) is 10.9 Å². The maximum absolute atomic E-state index is 4.70. The number of aliphatic imine (C=N–C) groups is 1. The van der Waals surface area contributed by atoms with Gasteiger partial charge in [0.05, 0.1) is 6.54 Å². The fourth-order valence-corrected chi connectivity index (χ4v) is 3.50. The van der Waals surface area contributed by atoms with Crippen molar-refractivity contribution in [3.05, 3.63) is 0 Å². The van der Waals surface area contributed by atoms with Crippen molar-refractivity contribution in [2.75, 3.05) is 18.4 Å². The molecule has 0 radical (unpaired) electrons. The molecule has 2 rings (SSSR count). The summed E-state index contributed by atoms with van der Waals surface area (Å²) in [6.45, 7) is 6.80. The molecule has 0 amide bonds. The maximum atomic E-state index is 4.70. The number of amidine groups is 1. The topological polar surface area (TPSA) is 15.6 Å². The van der Waals surface area contributed by atoms with Gasteiger partial charge in [0.15, 0.2) is 5.17 Å². The molecule has 0 bridgehead atoms. The average molecular weight is 305 g/mol. The van der Waals surface area contributed by atoms with E-state index in [1.165, 1.54) is 31.0 Å². The monoisotopic (exact) mass is 304 g/mol. The predicted octanol–water partition coefficient (Wildman–Crippen LogP) is 3.36. The van der Waals surface area contributed by atoms with Crippen molar-refractivity contribution in [3.8, 4) is 0 Å². The van der Waals surface area contributed by atoms with Crippen LogP contribution in [-0.4, -0.2) is 39.8 Å². The van der Waals surface area contributed by atoms with E-state index in [0.717, 1.165) is 23.8 Å². The van der Waals surface area contributed by atoms with Crippen LogP contribution in [0.2, 0.25) is 0 Å². The molecule has 1 heterocycles. The van der Waals surface area contributed by atoms with Gasteiger partial charge in [-0.3, -0.25) is 4.99 Å². The molecule has 1 fully saturated rings. The molecule has 0 aromatic rings. The highest BCUT2D eigenvalue weighted by Gasteiger charge is 2.34. The highest BCUT2D eigenvalue weighted by Crippen LogP contribution is 2.34. The third kappa shape index (κ3) is 3.39. The SMILES string of the molecule is CC(C)CCN(C1=NCC(CBr)S1)C1CC1. The number of rotatable bonds is 5. The lowest BCUT2D eigenvalue weighted by Crippen LogP contribution is -2.32. The largest absolute Gasteiger partial charge is 0.348 e. The Morgan fingerprint density at radius 2 is 2.25 bits per heavy atom. The number of thioether (sulfide) groups is 1. The van der Waals surface area contributed by atoms with Crippen LogP contribution >= 0.6 is 27.7 Å².